The molecule has 2 N–H and O–H groups in total. The second-order valence-electron chi connectivity index (χ2n) is 9.64. The van der Waals surface area contributed by atoms with Crippen LogP contribution in [-0.2, 0) is 11.2 Å². The smallest absolute Gasteiger partial charge is 0.261 e. The van der Waals surface area contributed by atoms with E-state index in [1.54, 1.807) is 10.7 Å². The van der Waals surface area contributed by atoms with Crippen LogP contribution in [0, 0.1) is 0 Å². The van der Waals surface area contributed by atoms with Crippen molar-refractivity contribution in [1.82, 2.24) is 19.9 Å². The molecular weight excluding hydrogens is 456 g/mol. The Balaban J connectivity index is 0.00000241. The van der Waals surface area contributed by atoms with Gasteiger partial charge < -0.3 is 25.0 Å². The summed E-state index contributed by atoms with van der Waals surface area (Å²) in [6.07, 6.45) is 6.21. The van der Waals surface area contributed by atoms with Gasteiger partial charge in [0.1, 0.15) is 16.9 Å². The Hall–Kier alpha value is -2.88. The van der Waals surface area contributed by atoms with Crippen molar-refractivity contribution in [2.24, 2.45) is 0 Å². The van der Waals surface area contributed by atoms with Crippen LogP contribution in [0.5, 0.6) is 5.75 Å². The number of ether oxygens (including phenoxy) is 2. The molecule has 1 amide bonds. The summed E-state index contributed by atoms with van der Waals surface area (Å²) < 4.78 is 13.4. The first kappa shape index (κ1) is 22.9. The number of nitrogens with one attached hydrogen (secondary N) is 2. The average Bonchev–Trinajstić information content (AvgIpc) is 3.31. The van der Waals surface area contributed by atoms with Crippen molar-refractivity contribution in [3.05, 3.63) is 47.4 Å². The maximum absolute atomic E-state index is 13.3. The third-order valence-corrected chi connectivity index (χ3v) is 6.66. The van der Waals surface area contributed by atoms with E-state index in [-0.39, 0.29) is 23.9 Å². The summed E-state index contributed by atoms with van der Waals surface area (Å²) in [5.74, 6) is 1.12. The van der Waals surface area contributed by atoms with Gasteiger partial charge in [-0.1, -0.05) is 0 Å². The summed E-state index contributed by atoms with van der Waals surface area (Å²) in [7, 11) is 0. The van der Waals surface area contributed by atoms with E-state index >= 15 is 0 Å². The second kappa shape index (κ2) is 8.72. The fourth-order valence-electron chi connectivity index (χ4n) is 4.78. The van der Waals surface area contributed by atoms with Crippen LogP contribution < -0.4 is 20.3 Å². The molecule has 9 nitrogen and oxygen atoms in total. The summed E-state index contributed by atoms with van der Waals surface area (Å²) >= 11 is 0. The number of hydrogen-bond donors (Lipinski definition) is 2. The first-order chi connectivity index (χ1) is 16.0. The van der Waals surface area contributed by atoms with Crippen LogP contribution in [0.15, 0.2) is 30.7 Å². The van der Waals surface area contributed by atoms with Gasteiger partial charge in [-0.05, 0) is 25.5 Å². The predicted molar refractivity (Wildman–Crippen MR) is 132 cm³/mol. The van der Waals surface area contributed by atoms with Gasteiger partial charge in [-0.2, -0.15) is 5.10 Å². The first-order valence-electron chi connectivity index (χ1n) is 11.5. The number of nitrogens with zero attached hydrogens (tertiary/aromatic N) is 4. The number of hydrogen-bond acceptors (Lipinski definition) is 7. The molecule has 2 saturated heterocycles. The lowest BCUT2D eigenvalue weighted by Gasteiger charge is -2.31. The Morgan fingerprint density at radius 1 is 1.21 bits per heavy atom. The fourth-order valence-corrected chi connectivity index (χ4v) is 4.78. The minimum absolute atomic E-state index is 0. The van der Waals surface area contributed by atoms with E-state index in [0.717, 1.165) is 60.9 Å². The minimum Gasteiger partial charge on any atom is -0.487 e. The summed E-state index contributed by atoms with van der Waals surface area (Å²) in [5, 5.41) is 10.8. The molecule has 10 heteroatoms. The molecule has 1 aromatic carbocycles. The van der Waals surface area contributed by atoms with E-state index in [1.165, 1.54) is 0 Å². The standard InChI is InChI=1S/C24H28N6O3.ClH/c1-24(2)9-15-7-19(20(8-21(15)33-24)29-3-5-32-6-4-29)28-23(31)18-13-27-30-14-17(12-26-22(18)30)16-10-25-11-16;/h7-8,12-14,16,25H,3-6,9-11H2,1-2H3,(H,28,31);1H. The van der Waals surface area contributed by atoms with Gasteiger partial charge >= 0.3 is 0 Å². The Morgan fingerprint density at radius 2 is 2.00 bits per heavy atom. The highest BCUT2D eigenvalue weighted by atomic mass is 35.5. The van der Waals surface area contributed by atoms with Crippen LogP contribution in [0.1, 0.15) is 41.3 Å². The predicted octanol–water partition coefficient (Wildman–Crippen LogP) is 2.64. The molecule has 3 aliphatic rings. The monoisotopic (exact) mass is 484 g/mol. The third-order valence-electron chi connectivity index (χ3n) is 6.66. The number of anilines is 2. The zero-order chi connectivity index (χ0) is 22.6. The lowest BCUT2D eigenvalue weighted by molar-refractivity contribution is 0.102. The highest BCUT2D eigenvalue weighted by Gasteiger charge is 2.32. The molecule has 3 aromatic rings. The molecule has 0 bridgehead atoms. The Kier molecular flexibility index (Phi) is 5.87. The fraction of sp³-hybridized carbons (Fsp3) is 0.458. The number of fused-ring (bicyclic) bond motifs is 2. The van der Waals surface area contributed by atoms with Gasteiger partial charge in [0.2, 0.25) is 0 Å². The maximum Gasteiger partial charge on any atom is 0.261 e. The highest BCUT2D eigenvalue weighted by Crippen LogP contribution is 2.42. The molecule has 5 heterocycles. The summed E-state index contributed by atoms with van der Waals surface area (Å²) in [6.45, 7) is 8.91. The van der Waals surface area contributed by atoms with Crippen molar-refractivity contribution >= 4 is 35.3 Å². The third kappa shape index (κ3) is 4.08. The molecule has 0 atom stereocenters. The van der Waals surface area contributed by atoms with Crippen LogP contribution in [0.3, 0.4) is 0 Å². The van der Waals surface area contributed by atoms with E-state index in [9.17, 15) is 4.79 Å². The van der Waals surface area contributed by atoms with Gasteiger partial charge in [0.15, 0.2) is 5.65 Å². The van der Waals surface area contributed by atoms with Crippen LogP contribution in [0.2, 0.25) is 0 Å². The zero-order valence-corrected chi connectivity index (χ0v) is 20.2. The van der Waals surface area contributed by atoms with Gasteiger partial charge in [-0.3, -0.25) is 4.79 Å². The number of carbonyl (C=O) groups excluding carboxylic acids is 1. The van der Waals surface area contributed by atoms with Crippen molar-refractivity contribution in [2.75, 3.05) is 49.6 Å². The van der Waals surface area contributed by atoms with E-state index in [2.05, 4.69) is 45.5 Å². The van der Waals surface area contributed by atoms with Crippen molar-refractivity contribution in [3.63, 3.8) is 0 Å². The molecule has 0 saturated carbocycles. The number of aromatic nitrogens is 3. The van der Waals surface area contributed by atoms with Gasteiger partial charge in [-0.25, -0.2) is 9.50 Å². The largest absolute Gasteiger partial charge is 0.487 e. The minimum atomic E-state index is -0.257. The van der Waals surface area contributed by atoms with Crippen LogP contribution in [-0.4, -0.2) is 65.5 Å². The average molecular weight is 485 g/mol. The topological polar surface area (TPSA) is 93.0 Å². The quantitative estimate of drug-likeness (QED) is 0.588. The summed E-state index contributed by atoms with van der Waals surface area (Å²) in [4.78, 5) is 20.1. The maximum atomic E-state index is 13.3. The van der Waals surface area contributed by atoms with Crippen LogP contribution in [0.4, 0.5) is 11.4 Å². The van der Waals surface area contributed by atoms with Crippen molar-refractivity contribution in [1.29, 1.82) is 0 Å². The Labute approximate surface area is 204 Å². The number of benzene rings is 1. The number of morpholine rings is 1. The molecule has 0 spiro atoms. The van der Waals surface area contributed by atoms with E-state index in [1.807, 2.05) is 18.5 Å². The zero-order valence-electron chi connectivity index (χ0n) is 19.3. The van der Waals surface area contributed by atoms with Crippen molar-refractivity contribution < 1.29 is 14.3 Å². The van der Waals surface area contributed by atoms with Gasteiger partial charge in [0, 0.05) is 62.5 Å². The molecule has 0 aliphatic carbocycles. The van der Waals surface area contributed by atoms with E-state index in [4.69, 9.17) is 9.47 Å². The van der Waals surface area contributed by atoms with Gasteiger partial charge in [0.05, 0.1) is 30.8 Å². The molecule has 2 fully saturated rings. The van der Waals surface area contributed by atoms with E-state index < -0.39 is 0 Å². The second-order valence-corrected chi connectivity index (χ2v) is 9.64. The van der Waals surface area contributed by atoms with Crippen LogP contribution in [0.25, 0.3) is 5.65 Å². The molecule has 180 valence electrons. The molecule has 3 aliphatic heterocycles. The first-order valence-corrected chi connectivity index (χ1v) is 11.5. The number of amides is 1. The SMILES string of the molecule is CC1(C)Cc2cc(NC(=O)c3cnn4cc(C5CNC5)cnc34)c(N3CCOCC3)cc2O1.Cl. The lowest BCUT2D eigenvalue weighted by atomic mass is 9.97. The summed E-state index contributed by atoms with van der Waals surface area (Å²) in [5.41, 5.74) is 4.72. The Morgan fingerprint density at radius 3 is 2.74 bits per heavy atom. The molecule has 6 rings (SSSR count). The van der Waals surface area contributed by atoms with Gasteiger partial charge in [0.25, 0.3) is 5.91 Å². The molecular formula is C24H29ClN6O3. The Bertz CT molecular complexity index is 1230. The van der Waals surface area contributed by atoms with Crippen molar-refractivity contribution in [3.8, 4) is 5.75 Å². The lowest BCUT2D eigenvalue weighted by Crippen LogP contribution is -2.40. The summed E-state index contributed by atoms with van der Waals surface area (Å²) in [6, 6.07) is 4.10. The highest BCUT2D eigenvalue weighted by molar-refractivity contribution is 6.09. The van der Waals surface area contributed by atoms with Crippen molar-refractivity contribution in [2.45, 2.75) is 31.8 Å². The molecule has 0 unspecified atom stereocenters. The molecule has 2 aromatic heterocycles. The van der Waals surface area contributed by atoms with Crippen LogP contribution >= 0.6 is 12.4 Å². The molecule has 34 heavy (non-hydrogen) atoms. The van der Waals surface area contributed by atoms with E-state index in [0.29, 0.717) is 30.3 Å². The number of carbonyl (C=O) groups is 1. The number of rotatable bonds is 4. The molecule has 0 radical (unpaired) electrons. The normalized spacial score (nSPS) is 19.2. The number of halogens is 1. The van der Waals surface area contributed by atoms with Gasteiger partial charge in [-0.15, -0.1) is 12.4 Å².